The van der Waals surface area contributed by atoms with Gasteiger partial charge in [0.15, 0.2) is 0 Å². The van der Waals surface area contributed by atoms with Gasteiger partial charge < -0.3 is 10.2 Å². The second-order valence-electron chi connectivity index (χ2n) is 3.93. The van der Waals surface area contributed by atoms with E-state index in [1.807, 2.05) is 12.1 Å². The Balaban J connectivity index is 2.20. The number of hydrogen-bond acceptors (Lipinski definition) is 2. The molecule has 0 aliphatic carbocycles. The molecule has 2 nitrogen and oxygen atoms in total. The molecule has 1 aliphatic rings. The van der Waals surface area contributed by atoms with Crippen LogP contribution in [0.1, 0.15) is 6.92 Å². The number of nitrogens with zero attached hydrogens (tertiary/aromatic N) is 1. The molecule has 1 saturated heterocycles. The van der Waals surface area contributed by atoms with Crippen LogP contribution in [-0.4, -0.2) is 25.7 Å². The summed E-state index contributed by atoms with van der Waals surface area (Å²) in [7, 11) is 0. The second-order valence-corrected chi connectivity index (χ2v) is 4.80. The molecule has 1 N–H and O–H groups in total. The molecule has 1 fully saturated rings. The van der Waals surface area contributed by atoms with Crippen LogP contribution in [0.3, 0.4) is 0 Å². The molecule has 0 unspecified atom stereocenters. The zero-order valence-electron chi connectivity index (χ0n) is 8.63. The molecule has 0 radical (unpaired) electrons. The largest absolute Gasteiger partial charge is 0.369 e. The summed E-state index contributed by atoms with van der Waals surface area (Å²) in [6.45, 7) is 5.18. The van der Waals surface area contributed by atoms with Crippen LogP contribution < -0.4 is 10.2 Å². The van der Waals surface area contributed by atoms with Gasteiger partial charge in [-0.25, -0.2) is 0 Å². The Morgan fingerprint density at radius 2 is 1.93 bits per heavy atom. The lowest BCUT2D eigenvalue weighted by molar-refractivity contribution is 0.485. The Morgan fingerprint density at radius 3 is 2.53 bits per heavy atom. The molecule has 0 aromatic heterocycles. The van der Waals surface area contributed by atoms with Gasteiger partial charge in [-0.15, -0.1) is 0 Å². The zero-order valence-corrected chi connectivity index (χ0v) is 10.1. The van der Waals surface area contributed by atoms with E-state index in [0.29, 0.717) is 16.1 Å². The van der Waals surface area contributed by atoms with Crippen molar-refractivity contribution >= 4 is 28.9 Å². The first-order chi connectivity index (χ1) is 7.15. The van der Waals surface area contributed by atoms with Crippen LogP contribution in [0.4, 0.5) is 5.69 Å². The van der Waals surface area contributed by atoms with Crippen LogP contribution >= 0.6 is 23.2 Å². The van der Waals surface area contributed by atoms with Crippen molar-refractivity contribution in [1.29, 1.82) is 0 Å². The third kappa shape index (κ3) is 2.77. The monoisotopic (exact) mass is 244 g/mol. The van der Waals surface area contributed by atoms with Gasteiger partial charge in [0.2, 0.25) is 0 Å². The fourth-order valence-corrected chi connectivity index (χ4v) is 2.40. The molecule has 0 saturated carbocycles. The summed E-state index contributed by atoms with van der Waals surface area (Å²) in [5.41, 5.74) is 1.11. The number of halogens is 2. The maximum Gasteiger partial charge on any atom is 0.0441 e. The molecule has 1 heterocycles. The molecule has 0 amide bonds. The van der Waals surface area contributed by atoms with Crippen LogP contribution in [0.2, 0.25) is 10.0 Å². The number of hydrogen-bond donors (Lipinski definition) is 1. The minimum atomic E-state index is 0.511. The van der Waals surface area contributed by atoms with Crippen molar-refractivity contribution in [2.75, 3.05) is 24.5 Å². The van der Waals surface area contributed by atoms with Crippen molar-refractivity contribution in [2.45, 2.75) is 13.0 Å². The molecule has 1 aliphatic heterocycles. The predicted octanol–water partition coefficient (Wildman–Crippen LogP) is 2.79. The molecular weight excluding hydrogens is 231 g/mol. The summed E-state index contributed by atoms with van der Waals surface area (Å²) >= 11 is 12.0. The third-order valence-electron chi connectivity index (χ3n) is 2.58. The topological polar surface area (TPSA) is 15.3 Å². The molecular formula is C11H14Cl2N2. The first kappa shape index (κ1) is 11.1. The minimum absolute atomic E-state index is 0.511. The van der Waals surface area contributed by atoms with Gasteiger partial charge >= 0.3 is 0 Å². The molecule has 1 atom stereocenters. The van der Waals surface area contributed by atoms with Gasteiger partial charge in [0, 0.05) is 41.4 Å². The van der Waals surface area contributed by atoms with E-state index in [0.717, 1.165) is 25.3 Å². The lowest BCUT2D eigenvalue weighted by Crippen LogP contribution is -2.49. The first-order valence-corrected chi connectivity index (χ1v) is 5.85. The highest BCUT2D eigenvalue weighted by Gasteiger charge is 2.16. The van der Waals surface area contributed by atoms with E-state index in [-0.39, 0.29) is 0 Å². The fourth-order valence-electron chi connectivity index (χ4n) is 1.89. The summed E-state index contributed by atoms with van der Waals surface area (Å²) in [6.07, 6.45) is 0. The van der Waals surface area contributed by atoms with E-state index in [9.17, 15) is 0 Å². The lowest BCUT2D eigenvalue weighted by atomic mass is 10.2. The second kappa shape index (κ2) is 4.60. The smallest absolute Gasteiger partial charge is 0.0441 e. The Bertz CT molecular complexity index is 334. The summed E-state index contributed by atoms with van der Waals surface area (Å²) < 4.78 is 0. The molecule has 82 valence electrons. The van der Waals surface area contributed by atoms with Crippen LogP contribution in [0, 0.1) is 0 Å². The van der Waals surface area contributed by atoms with E-state index in [1.54, 1.807) is 6.07 Å². The Morgan fingerprint density at radius 1 is 1.27 bits per heavy atom. The average Bonchev–Trinajstić information content (AvgIpc) is 2.16. The van der Waals surface area contributed by atoms with Crippen molar-refractivity contribution in [2.24, 2.45) is 0 Å². The van der Waals surface area contributed by atoms with Crippen molar-refractivity contribution in [3.8, 4) is 0 Å². The van der Waals surface area contributed by atoms with Gasteiger partial charge in [0.1, 0.15) is 0 Å². The van der Waals surface area contributed by atoms with Crippen molar-refractivity contribution in [3.63, 3.8) is 0 Å². The van der Waals surface area contributed by atoms with Gasteiger partial charge in [-0.3, -0.25) is 0 Å². The third-order valence-corrected chi connectivity index (χ3v) is 3.02. The number of benzene rings is 1. The van der Waals surface area contributed by atoms with Crippen LogP contribution in [-0.2, 0) is 0 Å². The predicted molar refractivity (Wildman–Crippen MR) is 66.1 cm³/mol. The molecule has 4 heteroatoms. The number of piperazine rings is 1. The first-order valence-electron chi connectivity index (χ1n) is 5.09. The molecule has 0 bridgehead atoms. The van der Waals surface area contributed by atoms with Crippen LogP contribution in [0.25, 0.3) is 0 Å². The average molecular weight is 245 g/mol. The Kier molecular flexibility index (Phi) is 3.39. The van der Waals surface area contributed by atoms with E-state index >= 15 is 0 Å². The van der Waals surface area contributed by atoms with Gasteiger partial charge in [-0.1, -0.05) is 23.2 Å². The highest BCUT2D eigenvalue weighted by molar-refractivity contribution is 6.35. The molecule has 1 aromatic carbocycles. The van der Waals surface area contributed by atoms with Crippen LogP contribution in [0.5, 0.6) is 0 Å². The highest BCUT2D eigenvalue weighted by atomic mass is 35.5. The van der Waals surface area contributed by atoms with Crippen LogP contribution in [0.15, 0.2) is 18.2 Å². The van der Waals surface area contributed by atoms with Crippen molar-refractivity contribution in [3.05, 3.63) is 28.2 Å². The number of anilines is 1. The summed E-state index contributed by atoms with van der Waals surface area (Å²) in [5, 5.41) is 4.80. The summed E-state index contributed by atoms with van der Waals surface area (Å²) in [6, 6.07) is 6.20. The summed E-state index contributed by atoms with van der Waals surface area (Å²) in [4.78, 5) is 2.30. The van der Waals surface area contributed by atoms with Gasteiger partial charge in [0.05, 0.1) is 0 Å². The normalized spacial score (nSPS) is 21.8. The van der Waals surface area contributed by atoms with E-state index in [2.05, 4.69) is 17.1 Å². The minimum Gasteiger partial charge on any atom is -0.369 e. The van der Waals surface area contributed by atoms with E-state index in [1.165, 1.54) is 0 Å². The maximum absolute atomic E-state index is 5.98. The van der Waals surface area contributed by atoms with Crippen molar-refractivity contribution in [1.82, 2.24) is 5.32 Å². The van der Waals surface area contributed by atoms with Gasteiger partial charge in [0.25, 0.3) is 0 Å². The molecule has 2 rings (SSSR count). The number of rotatable bonds is 1. The van der Waals surface area contributed by atoms with E-state index in [4.69, 9.17) is 23.2 Å². The Labute approximate surface area is 100 Å². The zero-order chi connectivity index (χ0) is 10.8. The summed E-state index contributed by atoms with van der Waals surface area (Å²) in [5.74, 6) is 0. The molecule has 1 aromatic rings. The maximum atomic E-state index is 5.98. The van der Waals surface area contributed by atoms with Crippen molar-refractivity contribution < 1.29 is 0 Å². The quantitative estimate of drug-likeness (QED) is 0.818. The van der Waals surface area contributed by atoms with Gasteiger partial charge in [-0.05, 0) is 25.1 Å². The van der Waals surface area contributed by atoms with Gasteiger partial charge in [-0.2, -0.15) is 0 Å². The fraction of sp³-hybridized carbons (Fsp3) is 0.455. The SMILES string of the molecule is C[C@H]1CN(c2cc(Cl)cc(Cl)c2)CCN1. The highest BCUT2D eigenvalue weighted by Crippen LogP contribution is 2.25. The van der Waals surface area contributed by atoms with E-state index < -0.39 is 0 Å². The standard InChI is InChI=1S/C11H14Cl2N2/c1-8-7-15(3-2-14-8)11-5-9(12)4-10(13)6-11/h4-6,8,14H,2-3,7H2,1H3/t8-/m0/s1. The molecule has 15 heavy (non-hydrogen) atoms. The lowest BCUT2D eigenvalue weighted by Gasteiger charge is -2.33. The number of nitrogens with one attached hydrogen (secondary N) is 1. The Hall–Kier alpha value is -0.440. The molecule has 0 spiro atoms.